The molecule has 0 unspecified atom stereocenters. The number of nitrogens with one attached hydrogen (secondary N) is 1. The molecule has 3 aromatic rings. The Hall–Kier alpha value is -3.65. The van der Waals surface area contributed by atoms with Gasteiger partial charge in [-0.05, 0) is 35.9 Å². The van der Waals surface area contributed by atoms with Crippen molar-refractivity contribution in [3.63, 3.8) is 0 Å². The van der Waals surface area contributed by atoms with E-state index in [0.717, 1.165) is 34.6 Å². The minimum absolute atomic E-state index is 0.0976. The molecule has 1 N–H and O–H groups in total. The van der Waals surface area contributed by atoms with Crippen LogP contribution < -0.4 is 10.1 Å². The number of hydrogen-bond donors (Lipinski definition) is 1. The number of carbonyl (C=O) groups is 1. The van der Waals surface area contributed by atoms with Crippen molar-refractivity contribution in [2.45, 2.75) is 12.5 Å². The van der Waals surface area contributed by atoms with Crippen molar-refractivity contribution in [3.05, 3.63) is 78.2 Å². The second-order valence-corrected chi connectivity index (χ2v) is 6.18. The first-order valence-corrected chi connectivity index (χ1v) is 8.69. The third-order valence-corrected chi connectivity index (χ3v) is 4.25. The molecule has 1 amide bonds. The summed E-state index contributed by atoms with van der Waals surface area (Å²) in [6.07, 6.45) is 5.70. The van der Waals surface area contributed by atoms with Crippen LogP contribution in [0.4, 0.5) is 0 Å². The summed E-state index contributed by atoms with van der Waals surface area (Å²) in [5.74, 6) is 5.99. The summed E-state index contributed by atoms with van der Waals surface area (Å²) in [6.45, 7) is 0.414. The summed E-state index contributed by atoms with van der Waals surface area (Å²) in [5.41, 5.74) is 3.75. The van der Waals surface area contributed by atoms with E-state index in [1.807, 2.05) is 42.5 Å². The topological polar surface area (TPSA) is 64.1 Å². The zero-order valence-corrected chi connectivity index (χ0v) is 14.6. The molecule has 0 saturated carbocycles. The van der Waals surface area contributed by atoms with Gasteiger partial charge in [-0.15, -0.1) is 0 Å². The van der Waals surface area contributed by atoms with Crippen LogP contribution in [0.2, 0.25) is 0 Å². The molecule has 0 aliphatic carbocycles. The molecule has 2 aromatic carbocycles. The van der Waals surface area contributed by atoms with Gasteiger partial charge < -0.3 is 10.1 Å². The summed E-state index contributed by atoms with van der Waals surface area (Å²) < 4.78 is 5.91. The summed E-state index contributed by atoms with van der Waals surface area (Å²) in [4.78, 5) is 20.4. The molecule has 5 nitrogen and oxygen atoms in total. The number of carbonyl (C=O) groups excluding carboxylic acids is 1. The minimum Gasteiger partial charge on any atom is -0.488 e. The van der Waals surface area contributed by atoms with Crippen molar-refractivity contribution in [3.8, 4) is 28.8 Å². The van der Waals surface area contributed by atoms with E-state index in [1.54, 1.807) is 18.6 Å². The van der Waals surface area contributed by atoms with Gasteiger partial charge in [-0.1, -0.05) is 24.1 Å². The predicted octanol–water partition coefficient (Wildman–Crippen LogP) is 2.62. The van der Waals surface area contributed by atoms with Crippen LogP contribution in [0, 0.1) is 11.8 Å². The zero-order chi connectivity index (χ0) is 18.5. The molecular formula is C22H17N3O2. The molecule has 2 heterocycles. The number of nitrogens with zero attached hydrogens (tertiary/aromatic N) is 2. The van der Waals surface area contributed by atoms with Crippen molar-refractivity contribution < 1.29 is 9.53 Å². The van der Waals surface area contributed by atoms with Crippen LogP contribution in [0.1, 0.15) is 11.1 Å². The molecule has 1 aliphatic rings. The van der Waals surface area contributed by atoms with Gasteiger partial charge in [-0.3, -0.25) is 14.8 Å². The number of fused-ring (bicyclic) bond motifs is 1. The second-order valence-electron chi connectivity index (χ2n) is 6.18. The Labute approximate surface area is 157 Å². The van der Waals surface area contributed by atoms with Crippen molar-refractivity contribution in [2.24, 2.45) is 0 Å². The van der Waals surface area contributed by atoms with Gasteiger partial charge in [0, 0.05) is 35.9 Å². The van der Waals surface area contributed by atoms with Crippen LogP contribution in [-0.4, -0.2) is 28.5 Å². The van der Waals surface area contributed by atoms with E-state index in [-0.39, 0.29) is 12.0 Å². The van der Waals surface area contributed by atoms with Gasteiger partial charge in [0.1, 0.15) is 11.9 Å². The van der Waals surface area contributed by atoms with E-state index in [1.165, 1.54) is 0 Å². The van der Waals surface area contributed by atoms with Crippen LogP contribution >= 0.6 is 0 Å². The molecule has 5 heteroatoms. The first-order chi connectivity index (χ1) is 13.3. The Balaban J connectivity index is 1.35. The van der Waals surface area contributed by atoms with Gasteiger partial charge in [0.05, 0.1) is 18.4 Å². The maximum Gasteiger partial charge on any atom is 0.296 e. The maximum absolute atomic E-state index is 11.9. The Morgan fingerprint density at radius 2 is 2.07 bits per heavy atom. The molecule has 4 rings (SSSR count). The lowest BCUT2D eigenvalue weighted by atomic mass is 10.0. The van der Waals surface area contributed by atoms with Crippen molar-refractivity contribution in [2.75, 3.05) is 6.54 Å². The molecule has 0 fully saturated rings. The smallest absolute Gasteiger partial charge is 0.296 e. The largest absolute Gasteiger partial charge is 0.488 e. The summed E-state index contributed by atoms with van der Waals surface area (Å²) in [6, 6.07) is 15.4. The lowest BCUT2D eigenvalue weighted by Crippen LogP contribution is -2.33. The number of aromatic nitrogens is 2. The Kier molecular flexibility index (Phi) is 4.80. The fourth-order valence-corrected chi connectivity index (χ4v) is 2.94. The number of amides is 1. The van der Waals surface area contributed by atoms with Crippen LogP contribution in [0.5, 0.6) is 5.75 Å². The van der Waals surface area contributed by atoms with Crippen LogP contribution in [0.25, 0.3) is 11.3 Å². The summed E-state index contributed by atoms with van der Waals surface area (Å²) >= 11 is 0. The monoisotopic (exact) mass is 355 g/mol. The van der Waals surface area contributed by atoms with Gasteiger partial charge in [0.25, 0.3) is 5.91 Å². The molecule has 0 saturated heterocycles. The average Bonchev–Trinajstić information content (AvgIpc) is 3.14. The number of benzene rings is 2. The summed E-state index contributed by atoms with van der Waals surface area (Å²) in [5, 5.41) is 2.82. The number of hydrogen-bond acceptors (Lipinski definition) is 4. The first-order valence-electron chi connectivity index (χ1n) is 8.69. The molecule has 1 aliphatic heterocycles. The SMILES string of the molecule is O=C(C#Cc1ccccc1)NC[C@H]1Cc2cc(-c3cnccn3)ccc2O1. The van der Waals surface area contributed by atoms with E-state index >= 15 is 0 Å². The second kappa shape index (κ2) is 7.71. The van der Waals surface area contributed by atoms with Crippen LogP contribution in [-0.2, 0) is 11.2 Å². The van der Waals surface area contributed by atoms with E-state index < -0.39 is 0 Å². The maximum atomic E-state index is 11.9. The van der Waals surface area contributed by atoms with Crippen molar-refractivity contribution in [1.29, 1.82) is 0 Å². The lowest BCUT2D eigenvalue weighted by Gasteiger charge is -2.10. The quantitative estimate of drug-likeness (QED) is 0.734. The fourth-order valence-electron chi connectivity index (χ4n) is 2.94. The molecule has 27 heavy (non-hydrogen) atoms. The molecule has 0 bridgehead atoms. The first kappa shape index (κ1) is 16.8. The average molecular weight is 355 g/mol. The minimum atomic E-state index is -0.307. The highest BCUT2D eigenvalue weighted by Gasteiger charge is 2.23. The highest BCUT2D eigenvalue weighted by atomic mass is 16.5. The van der Waals surface area contributed by atoms with Gasteiger partial charge in [-0.25, -0.2) is 0 Å². The van der Waals surface area contributed by atoms with E-state index in [4.69, 9.17) is 4.74 Å². The molecule has 0 spiro atoms. The zero-order valence-electron chi connectivity index (χ0n) is 14.6. The third kappa shape index (κ3) is 4.13. The van der Waals surface area contributed by atoms with Gasteiger partial charge in [0.2, 0.25) is 0 Å². The van der Waals surface area contributed by atoms with E-state index in [0.29, 0.717) is 6.54 Å². The Bertz CT molecular complexity index is 1010. The van der Waals surface area contributed by atoms with E-state index in [9.17, 15) is 4.79 Å². The Morgan fingerprint density at radius 1 is 1.19 bits per heavy atom. The highest BCUT2D eigenvalue weighted by molar-refractivity contribution is 5.94. The van der Waals surface area contributed by atoms with Gasteiger partial charge in [0.15, 0.2) is 0 Å². The molecular weight excluding hydrogens is 338 g/mol. The third-order valence-electron chi connectivity index (χ3n) is 4.25. The van der Waals surface area contributed by atoms with E-state index in [2.05, 4.69) is 33.2 Å². The Morgan fingerprint density at radius 3 is 2.89 bits per heavy atom. The molecule has 0 radical (unpaired) electrons. The van der Waals surface area contributed by atoms with Crippen LogP contribution in [0.15, 0.2) is 67.1 Å². The number of rotatable bonds is 3. The standard InChI is InChI=1S/C22H17N3O2/c26-22(9-6-16-4-2-1-3-5-16)25-14-19-13-18-12-17(7-8-21(18)27-19)20-15-23-10-11-24-20/h1-5,7-8,10-12,15,19H,13-14H2,(H,25,26)/t19-/m1/s1. The highest BCUT2D eigenvalue weighted by Crippen LogP contribution is 2.32. The molecule has 1 atom stereocenters. The van der Waals surface area contributed by atoms with Gasteiger partial charge in [-0.2, -0.15) is 0 Å². The normalized spacial score (nSPS) is 14.4. The van der Waals surface area contributed by atoms with Gasteiger partial charge >= 0.3 is 0 Å². The summed E-state index contributed by atoms with van der Waals surface area (Å²) in [7, 11) is 0. The fraction of sp³-hybridized carbons (Fsp3) is 0.136. The van der Waals surface area contributed by atoms with Crippen LogP contribution in [0.3, 0.4) is 0 Å². The lowest BCUT2D eigenvalue weighted by molar-refractivity contribution is -0.116. The van der Waals surface area contributed by atoms with Crippen molar-refractivity contribution in [1.82, 2.24) is 15.3 Å². The predicted molar refractivity (Wildman–Crippen MR) is 102 cm³/mol. The van der Waals surface area contributed by atoms with Crippen molar-refractivity contribution >= 4 is 5.91 Å². The molecule has 1 aromatic heterocycles. The number of ether oxygens (including phenoxy) is 1. The molecule has 132 valence electrons.